The number of halogens is 2. The zero-order valence-electron chi connectivity index (χ0n) is 12.6. The van der Waals surface area contributed by atoms with E-state index in [1.165, 1.54) is 0 Å². The lowest BCUT2D eigenvalue weighted by molar-refractivity contribution is -0.140. The molecule has 1 aromatic rings. The average Bonchev–Trinajstić information content (AvgIpc) is 2.32. The Bertz CT molecular complexity index is 504. The van der Waals surface area contributed by atoms with Gasteiger partial charge in [-0.05, 0) is 31.9 Å². The van der Waals surface area contributed by atoms with Gasteiger partial charge in [0.15, 0.2) is 0 Å². The molecule has 0 saturated carbocycles. The molecule has 0 saturated heterocycles. The number of hydrogen-bond donors (Lipinski definition) is 2. The van der Waals surface area contributed by atoms with Gasteiger partial charge in [0, 0.05) is 17.1 Å². The molecular weight excluding hydrogens is 313 g/mol. The molecule has 0 aromatic heterocycles. The van der Waals surface area contributed by atoms with Gasteiger partial charge < -0.3 is 9.84 Å². The molecule has 0 fully saturated rings. The van der Waals surface area contributed by atoms with Crippen LogP contribution in [0.1, 0.15) is 33.3 Å². The summed E-state index contributed by atoms with van der Waals surface area (Å²) >= 11 is 12.2. The van der Waals surface area contributed by atoms with E-state index in [1.807, 2.05) is 27.7 Å². The summed E-state index contributed by atoms with van der Waals surface area (Å²) in [4.78, 5) is 11.2. The van der Waals surface area contributed by atoms with Crippen molar-refractivity contribution in [3.63, 3.8) is 0 Å². The molecule has 1 unspecified atom stereocenters. The van der Waals surface area contributed by atoms with Gasteiger partial charge in [0.1, 0.15) is 11.8 Å². The van der Waals surface area contributed by atoms with Gasteiger partial charge in [0.2, 0.25) is 0 Å². The largest absolute Gasteiger partial charge is 0.489 e. The first kappa shape index (κ1) is 18.1. The Morgan fingerprint density at radius 1 is 1.29 bits per heavy atom. The molecule has 0 heterocycles. The summed E-state index contributed by atoms with van der Waals surface area (Å²) in [5.74, 6) is -0.382. The number of rotatable bonds is 7. The molecule has 6 heteroatoms. The van der Waals surface area contributed by atoms with E-state index in [2.05, 4.69) is 5.32 Å². The smallest absolute Gasteiger partial charge is 0.320 e. The number of aliphatic carboxylic acids is 1. The minimum absolute atomic E-state index is 0.0355. The first-order chi connectivity index (χ1) is 9.72. The van der Waals surface area contributed by atoms with Crippen LogP contribution in [-0.2, 0) is 11.3 Å². The highest BCUT2D eigenvalue weighted by Gasteiger charge is 2.22. The van der Waals surface area contributed by atoms with Gasteiger partial charge >= 0.3 is 5.97 Å². The first-order valence-corrected chi connectivity index (χ1v) is 7.58. The third-order valence-corrected chi connectivity index (χ3v) is 3.38. The maximum absolute atomic E-state index is 11.2. The third kappa shape index (κ3) is 5.38. The Labute approximate surface area is 135 Å². The molecule has 21 heavy (non-hydrogen) atoms. The molecule has 4 nitrogen and oxygen atoms in total. The van der Waals surface area contributed by atoms with Crippen LogP contribution in [0.3, 0.4) is 0 Å². The van der Waals surface area contributed by atoms with Crippen molar-refractivity contribution in [3.8, 4) is 5.75 Å². The van der Waals surface area contributed by atoms with Crippen molar-refractivity contribution in [2.75, 3.05) is 0 Å². The molecule has 0 spiro atoms. The molecule has 0 aliphatic heterocycles. The second-order valence-electron chi connectivity index (χ2n) is 5.48. The predicted molar refractivity (Wildman–Crippen MR) is 85.3 cm³/mol. The molecule has 0 aliphatic carbocycles. The second-order valence-corrected chi connectivity index (χ2v) is 6.33. The highest BCUT2D eigenvalue weighted by atomic mass is 35.5. The van der Waals surface area contributed by atoms with Gasteiger partial charge in [-0.2, -0.15) is 0 Å². The Kier molecular flexibility index (Phi) is 6.78. The zero-order valence-corrected chi connectivity index (χ0v) is 14.1. The van der Waals surface area contributed by atoms with Crippen molar-refractivity contribution in [3.05, 3.63) is 27.7 Å². The number of hydrogen-bond acceptors (Lipinski definition) is 3. The van der Waals surface area contributed by atoms with E-state index in [9.17, 15) is 9.90 Å². The maximum Gasteiger partial charge on any atom is 0.320 e. The fourth-order valence-electron chi connectivity index (χ4n) is 1.94. The highest BCUT2D eigenvalue weighted by molar-refractivity contribution is 6.35. The Balaban J connectivity index is 2.98. The summed E-state index contributed by atoms with van der Waals surface area (Å²) in [5.41, 5.74) is 0.744. The number of carboxylic acids is 1. The molecule has 0 radical (unpaired) electrons. The fraction of sp³-hybridized carbons (Fsp3) is 0.533. The lowest BCUT2D eigenvalue weighted by Gasteiger charge is -2.21. The Morgan fingerprint density at radius 3 is 2.38 bits per heavy atom. The summed E-state index contributed by atoms with van der Waals surface area (Å²) in [5, 5.41) is 13.1. The van der Waals surface area contributed by atoms with Crippen LogP contribution in [0.4, 0.5) is 0 Å². The van der Waals surface area contributed by atoms with Crippen molar-refractivity contribution in [2.45, 2.75) is 46.4 Å². The van der Waals surface area contributed by atoms with Crippen molar-refractivity contribution in [1.82, 2.24) is 5.32 Å². The van der Waals surface area contributed by atoms with E-state index in [0.717, 1.165) is 5.56 Å². The number of carboxylic acid groups (broad SMARTS) is 1. The summed E-state index contributed by atoms with van der Waals surface area (Å²) in [6, 6.07) is 2.70. The number of carbonyl (C=O) groups is 1. The minimum Gasteiger partial charge on any atom is -0.489 e. The molecule has 0 bridgehead atoms. The average molecular weight is 334 g/mol. The highest BCUT2D eigenvalue weighted by Crippen LogP contribution is 2.33. The predicted octanol–water partition coefficient (Wildman–Crippen LogP) is 3.98. The lowest BCUT2D eigenvalue weighted by atomic mass is 10.0. The molecule has 1 aromatic carbocycles. The van der Waals surface area contributed by atoms with Gasteiger partial charge in [-0.3, -0.25) is 10.1 Å². The SMILES string of the molecule is CC(C)Oc1c(Cl)cc(Cl)cc1CNC(C(=O)O)C(C)C. The van der Waals surface area contributed by atoms with Crippen LogP contribution in [0.5, 0.6) is 5.75 Å². The fourth-order valence-corrected chi connectivity index (χ4v) is 2.52. The number of ether oxygens (including phenoxy) is 1. The minimum atomic E-state index is -0.885. The van der Waals surface area contributed by atoms with Gasteiger partial charge in [-0.15, -0.1) is 0 Å². The van der Waals surface area contributed by atoms with Crippen LogP contribution in [0.25, 0.3) is 0 Å². The van der Waals surface area contributed by atoms with Crippen molar-refractivity contribution in [1.29, 1.82) is 0 Å². The standard InChI is InChI=1S/C15H21Cl2NO3/c1-8(2)13(15(19)20)18-7-10-5-11(16)6-12(17)14(10)21-9(3)4/h5-6,8-9,13,18H,7H2,1-4H3,(H,19,20). The van der Waals surface area contributed by atoms with Crippen LogP contribution >= 0.6 is 23.2 Å². The van der Waals surface area contributed by atoms with E-state index >= 15 is 0 Å². The van der Waals surface area contributed by atoms with Crippen LogP contribution in [-0.4, -0.2) is 23.2 Å². The molecule has 2 N–H and O–H groups in total. The first-order valence-electron chi connectivity index (χ1n) is 6.83. The molecule has 0 amide bonds. The maximum atomic E-state index is 11.2. The van der Waals surface area contributed by atoms with Crippen LogP contribution in [0.2, 0.25) is 10.0 Å². The zero-order chi connectivity index (χ0) is 16.2. The molecular formula is C15H21Cl2NO3. The third-order valence-electron chi connectivity index (χ3n) is 2.88. The lowest BCUT2D eigenvalue weighted by Crippen LogP contribution is -2.40. The molecule has 1 atom stereocenters. The second kappa shape index (κ2) is 7.87. The van der Waals surface area contributed by atoms with E-state index in [4.69, 9.17) is 27.9 Å². The van der Waals surface area contributed by atoms with Gasteiger partial charge in [0.05, 0.1) is 11.1 Å². The van der Waals surface area contributed by atoms with E-state index in [0.29, 0.717) is 22.3 Å². The Hall–Kier alpha value is -0.970. The van der Waals surface area contributed by atoms with Crippen molar-refractivity contribution < 1.29 is 14.6 Å². The van der Waals surface area contributed by atoms with Gasteiger partial charge in [0.25, 0.3) is 0 Å². The van der Waals surface area contributed by atoms with E-state index in [-0.39, 0.29) is 12.0 Å². The molecule has 0 aliphatic rings. The normalized spacial score (nSPS) is 12.8. The van der Waals surface area contributed by atoms with Gasteiger partial charge in [-0.25, -0.2) is 0 Å². The van der Waals surface area contributed by atoms with Crippen LogP contribution < -0.4 is 10.1 Å². The van der Waals surface area contributed by atoms with E-state index in [1.54, 1.807) is 12.1 Å². The topological polar surface area (TPSA) is 58.6 Å². The van der Waals surface area contributed by atoms with Gasteiger partial charge in [-0.1, -0.05) is 37.0 Å². The molecule has 118 valence electrons. The quantitative estimate of drug-likeness (QED) is 0.792. The monoisotopic (exact) mass is 333 g/mol. The van der Waals surface area contributed by atoms with E-state index < -0.39 is 12.0 Å². The Morgan fingerprint density at radius 2 is 1.90 bits per heavy atom. The van der Waals surface area contributed by atoms with Crippen LogP contribution in [0.15, 0.2) is 12.1 Å². The summed E-state index contributed by atoms with van der Waals surface area (Å²) < 4.78 is 5.71. The van der Waals surface area contributed by atoms with Crippen molar-refractivity contribution in [2.24, 2.45) is 5.92 Å². The summed E-state index contributed by atoms with van der Waals surface area (Å²) in [7, 11) is 0. The molecule has 1 rings (SSSR count). The van der Waals surface area contributed by atoms with Crippen LogP contribution in [0, 0.1) is 5.92 Å². The number of benzene rings is 1. The summed E-state index contributed by atoms with van der Waals surface area (Å²) in [6.45, 7) is 7.81. The van der Waals surface area contributed by atoms with Crippen molar-refractivity contribution >= 4 is 29.2 Å². The number of nitrogens with one attached hydrogen (secondary N) is 1. The summed E-state index contributed by atoms with van der Waals surface area (Å²) in [6.07, 6.45) is -0.0391.